The smallest absolute Gasteiger partial charge is 0.0725 e. The molecule has 4 rings (SSSR count). The summed E-state index contributed by atoms with van der Waals surface area (Å²) < 4.78 is 0. The number of nitrogens with zero attached hydrogens (tertiary/aromatic N) is 1. The Labute approximate surface area is 163 Å². The summed E-state index contributed by atoms with van der Waals surface area (Å²) in [5.41, 5.74) is 3.85. The van der Waals surface area contributed by atoms with Gasteiger partial charge in [0.05, 0.1) is 17.2 Å². The van der Waals surface area contributed by atoms with Gasteiger partial charge in [0.15, 0.2) is 0 Å². The number of aromatic nitrogens is 1. The van der Waals surface area contributed by atoms with Crippen LogP contribution in [0.25, 0.3) is 22.6 Å². The monoisotopic (exact) mass is 376 g/mol. The molecule has 2 aromatic heterocycles. The number of hydrogen-bond donors (Lipinski definition) is 0. The van der Waals surface area contributed by atoms with Crippen LogP contribution in [0.5, 0.6) is 0 Å². The highest BCUT2D eigenvalue weighted by Gasteiger charge is 2.34. The predicted molar refractivity (Wildman–Crippen MR) is 110 cm³/mol. The van der Waals surface area contributed by atoms with Crippen molar-refractivity contribution in [3.8, 4) is 0 Å². The summed E-state index contributed by atoms with van der Waals surface area (Å²) in [4.78, 5) is 18.2. The maximum Gasteiger partial charge on any atom is 0.0725 e. The number of fused-ring (bicyclic) bond motifs is 2. The highest BCUT2D eigenvalue weighted by atomic mass is 32.1. The zero-order valence-corrected chi connectivity index (χ0v) is 16.6. The largest absolute Gasteiger partial charge is 0.545 e. The number of rotatable bonds is 2. The molecule has 1 aromatic carbocycles. The zero-order valence-electron chi connectivity index (χ0n) is 15.8. The first-order valence-electron chi connectivity index (χ1n) is 9.22. The van der Waals surface area contributed by atoms with E-state index in [0.29, 0.717) is 28.8 Å². The van der Waals surface area contributed by atoms with Gasteiger partial charge in [0.1, 0.15) is 0 Å². The molecule has 27 heavy (non-hydrogen) atoms. The average Bonchev–Trinajstić information content (AvgIpc) is 3.11. The van der Waals surface area contributed by atoms with Crippen LogP contribution in [-0.4, -0.2) is 11.0 Å². The van der Waals surface area contributed by atoms with Crippen LogP contribution >= 0.6 is 11.3 Å². The van der Waals surface area contributed by atoms with Gasteiger partial charge in [-0.1, -0.05) is 45.0 Å². The fourth-order valence-electron chi connectivity index (χ4n) is 3.91. The number of thiophene rings is 1. The van der Waals surface area contributed by atoms with Crippen LogP contribution in [0.2, 0.25) is 0 Å². The number of aromatic carboxylic acids is 1. The Morgan fingerprint density at radius 3 is 2.63 bits per heavy atom. The fraction of sp³-hybridized carbons (Fsp3) is 0.304. The summed E-state index contributed by atoms with van der Waals surface area (Å²) >= 11 is 1.68. The summed E-state index contributed by atoms with van der Waals surface area (Å²) in [7, 11) is 0. The van der Waals surface area contributed by atoms with Crippen LogP contribution in [0, 0.1) is 11.3 Å². The number of carboxylic acids is 1. The Morgan fingerprint density at radius 1 is 1.19 bits per heavy atom. The number of carbonyl (C=O) groups is 1. The van der Waals surface area contributed by atoms with Gasteiger partial charge < -0.3 is 9.90 Å². The number of carboxylic acid groups (broad SMARTS) is 1. The Hall–Kier alpha value is -2.46. The van der Waals surface area contributed by atoms with E-state index in [9.17, 15) is 9.90 Å². The van der Waals surface area contributed by atoms with Gasteiger partial charge in [-0.2, -0.15) is 0 Å². The fourth-order valence-corrected chi connectivity index (χ4v) is 4.60. The number of pyridine rings is 1. The van der Waals surface area contributed by atoms with Crippen molar-refractivity contribution in [3.63, 3.8) is 0 Å². The summed E-state index contributed by atoms with van der Waals surface area (Å²) in [6.07, 6.45) is 3.77. The molecule has 1 aliphatic rings. The zero-order chi connectivity index (χ0) is 19.2. The highest BCUT2D eigenvalue weighted by Crippen LogP contribution is 2.44. The second-order valence-electron chi connectivity index (χ2n) is 8.27. The van der Waals surface area contributed by atoms with E-state index in [-0.39, 0.29) is 5.41 Å². The number of para-hydroxylation sites is 1. The molecular weight excluding hydrogens is 354 g/mol. The minimum absolute atomic E-state index is 0.0705. The molecule has 0 unspecified atom stereocenters. The normalized spacial score (nSPS) is 18.6. The van der Waals surface area contributed by atoms with Gasteiger partial charge in [0.2, 0.25) is 0 Å². The van der Waals surface area contributed by atoms with Gasteiger partial charge in [-0.05, 0) is 58.9 Å². The Kier molecular flexibility index (Phi) is 4.39. The first-order chi connectivity index (χ1) is 12.8. The molecule has 0 saturated carbocycles. The summed E-state index contributed by atoms with van der Waals surface area (Å²) in [6.45, 7) is 6.66. The van der Waals surface area contributed by atoms with Crippen LogP contribution in [-0.2, 0) is 6.42 Å². The molecule has 0 N–H and O–H groups in total. The second kappa shape index (κ2) is 6.61. The molecule has 4 heteroatoms. The number of hydrogen-bond acceptors (Lipinski definition) is 4. The standard InChI is InChI=1S/C23H23NO2S/c1-23(2,3)15-11-14(12-16-7-6-10-27-16)21-18(13-15)20(22(25)26)17-8-4-5-9-19(17)24-21/h4-10,12,15H,11,13H2,1-3H3,(H,25,26)/p-1/b14-12-/t15-/m0/s1. The first kappa shape index (κ1) is 17.9. The maximum atomic E-state index is 12.1. The van der Waals surface area contributed by atoms with Gasteiger partial charge in [0, 0.05) is 15.8 Å². The molecule has 1 aliphatic carbocycles. The minimum atomic E-state index is -1.12. The van der Waals surface area contributed by atoms with Crippen molar-refractivity contribution in [1.82, 2.24) is 4.98 Å². The molecule has 0 bridgehead atoms. The second-order valence-corrected chi connectivity index (χ2v) is 9.25. The van der Waals surface area contributed by atoms with E-state index in [2.05, 4.69) is 38.3 Å². The predicted octanol–water partition coefficient (Wildman–Crippen LogP) is 4.81. The first-order valence-corrected chi connectivity index (χ1v) is 10.1. The van der Waals surface area contributed by atoms with Gasteiger partial charge in [-0.25, -0.2) is 4.98 Å². The number of benzene rings is 1. The van der Waals surface area contributed by atoms with Crippen LogP contribution in [0.1, 0.15) is 53.7 Å². The maximum absolute atomic E-state index is 12.1. The van der Waals surface area contributed by atoms with E-state index in [4.69, 9.17) is 4.98 Å². The van der Waals surface area contributed by atoms with Crippen molar-refractivity contribution < 1.29 is 9.90 Å². The molecule has 3 aromatic rings. The molecule has 0 saturated heterocycles. The van der Waals surface area contributed by atoms with Crippen molar-refractivity contribution in [3.05, 3.63) is 63.5 Å². The van der Waals surface area contributed by atoms with Crippen molar-refractivity contribution in [2.24, 2.45) is 11.3 Å². The summed E-state index contributed by atoms with van der Waals surface area (Å²) in [6, 6.07) is 11.6. The Morgan fingerprint density at radius 2 is 1.96 bits per heavy atom. The van der Waals surface area contributed by atoms with Crippen molar-refractivity contribution in [1.29, 1.82) is 0 Å². The molecule has 0 spiro atoms. The third-order valence-corrected chi connectivity index (χ3v) is 6.32. The molecule has 138 valence electrons. The van der Waals surface area contributed by atoms with Crippen LogP contribution in [0.15, 0.2) is 41.8 Å². The highest BCUT2D eigenvalue weighted by molar-refractivity contribution is 7.10. The lowest BCUT2D eigenvalue weighted by molar-refractivity contribution is -0.254. The van der Waals surface area contributed by atoms with E-state index in [0.717, 1.165) is 28.1 Å². The average molecular weight is 377 g/mol. The van der Waals surface area contributed by atoms with E-state index in [1.807, 2.05) is 30.3 Å². The SMILES string of the molecule is CC(C)(C)[C@H]1C/C(=C/c2cccs2)c2nc3ccccc3c(C(=O)[O-])c2C1. The quantitative estimate of drug-likeness (QED) is 0.645. The molecule has 0 fully saturated rings. The molecular formula is C23H22NO2S-. The van der Waals surface area contributed by atoms with Crippen molar-refractivity contribution in [2.75, 3.05) is 0 Å². The van der Waals surface area contributed by atoms with Crippen molar-refractivity contribution >= 4 is 39.9 Å². The number of carbonyl (C=O) groups excluding carboxylic acids is 1. The van der Waals surface area contributed by atoms with Crippen molar-refractivity contribution in [2.45, 2.75) is 33.6 Å². The van der Waals surface area contributed by atoms with E-state index in [1.165, 1.54) is 0 Å². The molecule has 0 radical (unpaired) electrons. The van der Waals surface area contributed by atoms with Gasteiger partial charge in [-0.15, -0.1) is 11.3 Å². The Balaban J connectivity index is 2.01. The lowest BCUT2D eigenvalue weighted by atomic mass is 9.69. The summed E-state index contributed by atoms with van der Waals surface area (Å²) in [5.74, 6) is -0.771. The number of allylic oxidation sites excluding steroid dienone is 1. The molecule has 3 nitrogen and oxygen atoms in total. The van der Waals surface area contributed by atoms with Crippen LogP contribution < -0.4 is 5.11 Å². The van der Waals surface area contributed by atoms with Gasteiger partial charge in [0.25, 0.3) is 0 Å². The van der Waals surface area contributed by atoms with Crippen LogP contribution in [0.3, 0.4) is 0 Å². The van der Waals surface area contributed by atoms with E-state index >= 15 is 0 Å². The van der Waals surface area contributed by atoms with Crippen LogP contribution in [0.4, 0.5) is 0 Å². The van der Waals surface area contributed by atoms with Gasteiger partial charge >= 0.3 is 0 Å². The third kappa shape index (κ3) is 3.30. The lowest BCUT2D eigenvalue weighted by Gasteiger charge is -2.37. The third-order valence-electron chi connectivity index (χ3n) is 5.50. The molecule has 1 atom stereocenters. The van der Waals surface area contributed by atoms with E-state index in [1.54, 1.807) is 11.3 Å². The molecule has 0 amide bonds. The molecule has 2 heterocycles. The lowest BCUT2D eigenvalue weighted by Crippen LogP contribution is -2.31. The Bertz CT molecular complexity index is 1040. The topological polar surface area (TPSA) is 53.0 Å². The minimum Gasteiger partial charge on any atom is -0.545 e. The van der Waals surface area contributed by atoms with Gasteiger partial charge in [-0.3, -0.25) is 0 Å². The summed E-state index contributed by atoms with van der Waals surface area (Å²) in [5, 5.41) is 14.8. The molecule has 0 aliphatic heterocycles. The van der Waals surface area contributed by atoms with E-state index < -0.39 is 5.97 Å².